The molecule has 0 unspecified atom stereocenters. The first-order chi connectivity index (χ1) is 12.1. The van der Waals surface area contributed by atoms with Crippen LogP contribution in [0.15, 0.2) is 80.5 Å². The van der Waals surface area contributed by atoms with Gasteiger partial charge in [-0.2, -0.15) is 0 Å². The predicted molar refractivity (Wildman–Crippen MR) is 101 cm³/mol. The van der Waals surface area contributed by atoms with E-state index in [4.69, 9.17) is 4.42 Å². The van der Waals surface area contributed by atoms with Gasteiger partial charge in [-0.15, -0.1) is 0 Å². The van der Waals surface area contributed by atoms with E-state index in [0.29, 0.717) is 12.3 Å². The third kappa shape index (κ3) is 4.67. The van der Waals surface area contributed by atoms with Gasteiger partial charge in [0.15, 0.2) is 5.76 Å². The Balaban J connectivity index is 1.60. The van der Waals surface area contributed by atoms with Gasteiger partial charge in [-0.3, -0.25) is 9.00 Å². The molecule has 1 atom stereocenters. The molecule has 0 aliphatic heterocycles. The highest BCUT2D eigenvalue weighted by molar-refractivity contribution is 9.10. The maximum Gasteiger partial charge on any atom is 0.287 e. The van der Waals surface area contributed by atoms with E-state index in [1.165, 1.54) is 0 Å². The topological polar surface area (TPSA) is 59.3 Å². The number of hydrogen-bond donors (Lipinski definition) is 1. The largest absolute Gasteiger partial charge is 0.455 e. The van der Waals surface area contributed by atoms with Gasteiger partial charge in [-0.25, -0.2) is 0 Å². The zero-order valence-electron chi connectivity index (χ0n) is 13.3. The average Bonchev–Trinajstić information content (AvgIpc) is 3.10. The van der Waals surface area contributed by atoms with Crippen molar-refractivity contribution in [2.24, 2.45) is 0 Å². The Kier molecular flexibility index (Phi) is 5.83. The number of furan rings is 1. The molecule has 128 valence electrons. The van der Waals surface area contributed by atoms with Crippen molar-refractivity contribution in [3.63, 3.8) is 0 Å². The third-order valence-electron chi connectivity index (χ3n) is 3.56. The first-order valence-corrected chi connectivity index (χ1v) is 9.78. The van der Waals surface area contributed by atoms with Crippen molar-refractivity contribution in [1.29, 1.82) is 0 Å². The van der Waals surface area contributed by atoms with E-state index in [2.05, 4.69) is 21.2 Å². The maximum absolute atomic E-state index is 12.3. The third-order valence-corrected chi connectivity index (χ3v) is 5.68. The predicted octanol–water partition coefficient (Wildman–Crippen LogP) is 4.28. The molecule has 3 rings (SSSR count). The van der Waals surface area contributed by atoms with Crippen molar-refractivity contribution in [1.82, 2.24) is 5.32 Å². The van der Waals surface area contributed by atoms with E-state index in [1.807, 2.05) is 54.6 Å². The van der Waals surface area contributed by atoms with E-state index in [0.717, 1.165) is 14.9 Å². The van der Waals surface area contributed by atoms with Crippen LogP contribution in [0.3, 0.4) is 0 Å². The van der Waals surface area contributed by atoms with Crippen LogP contribution in [0, 0.1) is 0 Å². The van der Waals surface area contributed by atoms with Gasteiger partial charge in [0.25, 0.3) is 5.91 Å². The maximum atomic E-state index is 12.3. The fourth-order valence-corrected chi connectivity index (χ4v) is 3.73. The van der Waals surface area contributed by atoms with Crippen molar-refractivity contribution in [3.8, 4) is 0 Å². The summed E-state index contributed by atoms with van der Waals surface area (Å²) in [4.78, 5) is 12.9. The Morgan fingerprint density at radius 1 is 1.00 bits per heavy atom. The van der Waals surface area contributed by atoms with Crippen molar-refractivity contribution >= 4 is 32.6 Å². The monoisotopic (exact) mass is 417 g/mol. The van der Waals surface area contributed by atoms with Crippen LogP contribution in [0.1, 0.15) is 21.9 Å². The molecular weight excluding hydrogens is 402 g/mol. The Bertz CT molecular complexity index is 892. The van der Waals surface area contributed by atoms with Gasteiger partial charge >= 0.3 is 0 Å². The summed E-state index contributed by atoms with van der Waals surface area (Å²) in [6.07, 6.45) is 0. The number of carbonyl (C=O) groups excluding carboxylic acids is 1. The fourth-order valence-electron chi connectivity index (χ4n) is 2.27. The molecule has 0 saturated heterocycles. The molecule has 25 heavy (non-hydrogen) atoms. The second-order valence-corrected chi connectivity index (χ2v) is 7.65. The molecule has 0 spiro atoms. The number of halogens is 1. The molecule has 1 heterocycles. The Labute approximate surface area is 156 Å². The molecule has 0 saturated carbocycles. The number of amides is 1. The van der Waals surface area contributed by atoms with Crippen LogP contribution in [0.25, 0.3) is 0 Å². The highest BCUT2D eigenvalue weighted by Gasteiger charge is 2.13. The molecule has 0 radical (unpaired) electrons. The first kappa shape index (κ1) is 17.6. The molecule has 0 fully saturated rings. The molecule has 1 aromatic heterocycles. The van der Waals surface area contributed by atoms with E-state index in [-0.39, 0.29) is 17.4 Å². The van der Waals surface area contributed by atoms with Gasteiger partial charge in [0, 0.05) is 15.9 Å². The SMILES string of the molecule is O=C(NCc1ccccc1Br)c1ccc(C[S@](=O)c2ccccc2)o1. The zero-order chi connectivity index (χ0) is 17.6. The molecular formula is C19H16BrNO3S. The van der Waals surface area contributed by atoms with Gasteiger partial charge < -0.3 is 9.73 Å². The number of carbonyl (C=O) groups is 1. The number of hydrogen-bond acceptors (Lipinski definition) is 3. The summed E-state index contributed by atoms with van der Waals surface area (Å²) in [6.45, 7) is 0.395. The van der Waals surface area contributed by atoms with E-state index < -0.39 is 10.8 Å². The van der Waals surface area contributed by atoms with Crippen molar-refractivity contribution in [3.05, 3.63) is 88.3 Å². The Morgan fingerprint density at radius 2 is 1.72 bits per heavy atom. The number of rotatable bonds is 6. The standard InChI is InChI=1S/C19H16BrNO3S/c20-17-9-5-4-6-14(17)12-21-19(22)18-11-10-15(24-18)13-25(23)16-7-2-1-3-8-16/h1-11H,12-13H2,(H,21,22)/t25-/m0/s1. The van der Waals surface area contributed by atoms with Gasteiger partial charge in [-0.05, 0) is 35.9 Å². The van der Waals surface area contributed by atoms with Crippen LogP contribution in [-0.2, 0) is 23.1 Å². The molecule has 2 aromatic carbocycles. The van der Waals surface area contributed by atoms with Crippen LogP contribution >= 0.6 is 15.9 Å². The van der Waals surface area contributed by atoms with Crippen molar-refractivity contribution < 1.29 is 13.4 Å². The van der Waals surface area contributed by atoms with Crippen molar-refractivity contribution in [2.45, 2.75) is 17.2 Å². The molecule has 1 N–H and O–H groups in total. The smallest absolute Gasteiger partial charge is 0.287 e. The van der Waals surface area contributed by atoms with Crippen LogP contribution in [0.5, 0.6) is 0 Å². The Morgan fingerprint density at radius 3 is 2.48 bits per heavy atom. The fraction of sp³-hybridized carbons (Fsp3) is 0.105. The van der Waals surface area contributed by atoms with Gasteiger partial charge in [-0.1, -0.05) is 52.3 Å². The van der Waals surface area contributed by atoms with Crippen molar-refractivity contribution in [2.75, 3.05) is 0 Å². The number of benzene rings is 2. The minimum atomic E-state index is -1.20. The molecule has 1 amide bonds. The summed E-state index contributed by atoms with van der Waals surface area (Å²) < 4.78 is 18.8. The summed E-state index contributed by atoms with van der Waals surface area (Å²) in [5, 5.41) is 2.82. The lowest BCUT2D eigenvalue weighted by Gasteiger charge is -2.05. The molecule has 0 aliphatic rings. The molecule has 0 aliphatic carbocycles. The van der Waals surface area contributed by atoms with E-state index in [1.54, 1.807) is 12.1 Å². The minimum absolute atomic E-state index is 0.215. The molecule has 4 nitrogen and oxygen atoms in total. The van der Waals surface area contributed by atoms with Crippen LogP contribution in [0.2, 0.25) is 0 Å². The summed E-state index contributed by atoms with van der Waals surface area (Å²) >= 11 is 3.45. The lowest BCUT2D eigenvalue weighted by molar-refractivity contribution is 0.0921. The van der Waals surface area contributed by atoms with Gasteiger partial charge in [0.2, 0.25) is 0 Å². The first-order valence-electron chi connectivity index (χ1n) is 7.67. The van der Waals surface area contributed by atoms with Crippen LogP contribution in [0.4, 0.5) is 0 Å². The van der Waals surface area contributed by atoms with E-state index in [9.17, 15) is 9.00 Å². The zero-order valence-corrected chi connectivity index (χ0v) is 15.7. The highest BCUT2D eigenvalue weighted by atomic mass is 79.9. The highest BCUT2D eigenvalue weighted by Crippen LogP contribution is 2.17. The summed E-state index contributed by atoms with van der Waals surface area (Å²) in [6, 6.07) is 20.2. The Hall–Kier alpha value is -2.18. The minimum Gasteiger partial charge on any atom is -0.455 e. The van der Waals surface area contributed by atoms with Crippen LogP contribution in [-0.4, -0.2) is 10.1 Å². The van der Waals surface area contributed by atoms with E-state index >= 15 is 0 Å². The summed E-state index contributed by atoms with van der Waals surface area (Å²) in [5.41, 5.74) is 0.979. The second-order valence-electron chi connectivity index (χ2n) is 5.34. The lowest BCUT2D eigenvalue weighted by Crippen LogP contribution is -2.22. The number of nitrogens with one attached hydrogen (secondary N) is 1. The quantitative estimate of drug-likeness (QED) is 0.650. The molecule has 6 heteroatoms. The lowest BCUT2D eigenvalue weighted by atomic mass is 10.2. The van der Waals surface area contributed by atoms with Gasteiger partial charge in [0.1, 0.15) is 5.76 Å². The summed E-state index contributed by atoms with van der Waals surface area (Å²) in [7, 11) is -1.20. The second kappa shape index (κ2) is 8.27. The summed E-state index contributed by atoms with van der Waals surface area (Å²) in [5.74, 6) is 0.675. The van der Waals surface area contributed by atoms with Gasteiger partial charge in [0.05, 0.1) is 16.6 Å². The average molecular weight is 418 g/mol. The molecule has 0 bridgehead atoms. The normalized spacial score (nSPS) is 11.9. The molecule has 3 aromatic rings. The van der Waals surface area contributed by atoms with Crippen LogP contribution < -0.4 is 5.32 Å².